The first-order valence-electron chi connectivity index (χ1n) is 12.9. The van der Waals surface area contributed by atoms with E-state index in [1.165, 1.54) is 24.3 Å². The van der Waals surface area contributed by atoms with E-state index in [0.29, 0.717) is 0 Å². The molecule has 3 aromatic rings. The first-order valence-corrected chi connectivity index (χ1v) is 12.9. The second-order valence-electron chi connectivity index (χ2n) is 10.0. The zero-order valence-electron chi connectivity index (χ0n) is 22.0. The molecular formula is C28H28O15. The lowest BCUT2D eigenvalue weighted by molar-refractivity contribution is -0.277. The van der Waals surface area contributed by atoms with Gasteiger partial charge in [-0.15, -0.1) is 0 Å². The number of rotatable bonds is 6. The Morgan fingerprint density at radius 3 is 2.21 bits per heavy atom. The van der Waals surface area contributed by atoms with Gasteiger partial charge >= 0.3 is 5.97 Å². The number of phenols is 6. The molecule has 1 saturated heterocycles. The van der Waals surface area contributed by atoms with Gasteiger partial charge < -0.3 is 70.0 Å². The van der Waals surface area contributed by atoms with Gasteiger partial charge in [-0.05, 0) is 24.3 Å². The number of aliphatic hydroxyl groups is 4. The monoisotopic (exact) mass is 604 g/mol. The van der Waals surface area contributed by atoms with Crippen molar-refractivity contribution in [1.29, 1.82) is 0 Å². The Hall–Kier alpha value is -4.67. The minimum Gasteiger partial charge on any atom is -0.508 e. The molecule has 2 aliphatic rings. The molecule has 0 radical (unpaired) electrons. The van der Waals surface area contributed by atoms with Crippen LogP contribution in [0, 0.1) is 0 Å². The van der Waals surface area contributed by atoms with Crippen molar-refractivity contribution in [3.63, 3.8) is 0 Å². The van der Waals surface area contributed by atoms with Gasteiger partial charge in [-0.2, -0.15) is 0 Å². The van der Waals surface area contributed by atoms with Crippen molar-refractivity contribution in [3.05, 3.63) is 59.2 Å². The highest BCUT2D eigenvalue weighted by atomic mass is 16.7. The molecule has 0 aromatic heterocycles. The number of esters is 1. The maximum absolute atomic E-state index is 13.0. The van der Waals surface area contributed by atoms with Crippen molar-refractivity contribution in [3.8, 4) is 46.0 Å². The van der Waals surface area contributed by atoms with E-state index < -0.39 is 78.5 Å². The van der Waals surface area contributed by atoms with Crippen molar-refractivity contribution in [1.82, 2.24) is 0 Å². The molecule has 15 nitrogen and oxygen atoms in total. The average molecular weight is 605 g/mol. The summed E-state index contributed by atoms with van der Waals surface area (Å²) < 4.78 is 22.6. The molecule has 2 heterocycles. The second-order valence-corrected chi connectivity index (χ2v) is 10.0. The predicted octanol–water partition coefficient (Wildman–Crippen LogP) is 0.000700. The highest BCUT2D eigenvalue weighted by molar-refractivity contribution is 5.91. The molecule has 10 N–H and O–H groups in total. The summed E-state index contributed by atoms with van der Waals surface area (Å²) in [7, 11) is 0. The SMILES string of the molecule is O=C(O[C@H]1Cc2c(O)cc(O)cc2O[C@H]1c1ccc(O)c(O[C@H]2O[C@H](CO)[C@@H](O)[C@H](O)[C@H]2O)c1)c1cc(O)c(O)c(O)c1. The summed E-state index contributed by atoms with van der Waals surface area (Å²) in [5.41, 5.74) is 0.0597. The minimum absolute atomic E-state index is 0.0409. The van der Waals surface area contributed by atoms with Crippen LogP contribution in [0.3, 0.4) is 0 Å². The van der Waals surface area contributed by atoms with Crippen molar-refractivity contribution in [2.24, 2.45) is 0 Å². The van der Waals surface area contributed by atoms with Gasteiger partial charge in [0.1, 0.15) is 47.8 Å². The van der Waals surface area contributed by atoms with E-state index in [1.54, 1.807) is 0 Å². The van der Waals surface area contributed by atoms with Crippen LogP contribution in [-0.4, -0.2) is 100 Å². The number of hydrogen-bond donors (Lipinski definition) is 10. The summed E-state index contributed by atoms with van der Waals surface area (Å²) in [6, 6.07) is 7.83. The maximum atomic E-state index is 13.0. The number of phenolic OH excluding ortho intramolecular Hbond substituents is 6. The molecule has 230 valence electrons. The quantitative estimate of drug-likeness (QED) is 0.131. The predicted molar refractivity (Wildman–Crippen MR) is 140 cm³/mol. The number of carbonyl (C=O) groups excluding carboxylic acids is 1. The van der Waals surface area contributed by atoms with Gasteiger partial charge in [0.2, 0.25) is 6.29 Å². The van der Waals surface area contributed by atoms with E-state index in [4.69, 9.17) is 18.9 Å². The van der Waals surface area contributed by atoms with Crippen molar-refractivity contribution in [2.75, 3.05) is 6.61 Å². The topological polar surface area (TPSA) is 256 Å². The smallest absolute Gasteiger partial charge is 0.338 e. The van der Waals surface area contributed by atoms with Gasteiger partial charge in [-0.25, -0.2) is 4.79 Å². The number of fused-ring (bicyclic) bond motifs is 1. The van der Waals surface area contributed by atoms with Gasteiger partial charge in [0.05, 0.1) is 12.2 Å². The van der Waals surface area contributed by atoms with Crippen LogP contribution in [0.5, 0.6) is 46.0 Å². The molecule has 0 amide bonds. The zero-order valence-corrected chi connectivity index (χ0v) is 22.0. The molecule has 1 fully saturated rings. The van der Waals surface area contributed by atoms with Crippen molar-refractivity contribution >= 4 is 5.97 Å². The third-order valence-electron chi connectivity index (χ3n) is 7.13. The first-order chi connectivity index (χ1) is 20.4. The molecule has 2 aliphatic heterocycles. The molecule has 0 spiro atoms. The van der Waals surface area contributed by atoms with Crippen molar-refractivity contribution in [2.45, 2.75) is 49.3 Å². The standard InChI is InChI=1S/C28H28O15/c29-9-21-23(36)24(37)25(38)28(43-21)42-19-5-10(1-2-14(19)31)26-20(8-13-15(32)6-12(30)7-18(13)40-26)41-27(39)11-3-16(33)22(35)17(34)4-11/h1-7,20-21,23-26,28-38H,8-9H2/t20-,21+,23+,24-,25+,26-,28-/m0/s1. The largest absolute Gasteiger partial charge is 0.508 e. The molecule has 15 heteroatoms. The Labute approximate surface area is 242 Å². The Bertz CT molecular complexity index is 1500. The average Bonchev–Trinajstić information content (AvgIpc) is 2.96. The Kier molecular flexibility index (Phi) is 8.00. The van der Waals surface area contributed by atoms with Crippen LogP contribution < -0.4 is 9.47 Å². The minimum atomic E-state index is -1.78. The number of aliphatic hydroxyl groups excluding tert-OH is 4. The lowest BCUT2D eigenvalue weighted by Gasteiger charge is -2.39. The van der Waals surface area contributed by atoms with Gasteiger partial charge in [0.25, 0.3) is 0 Å². The number of hydrogen-bond acceptors (Lipinski definition) is 15. The van der Waals surface area contributed by atoms with Crippen LogP contribution in [0.15, 0.2) is 42.5 Å². The fourth-order valence-electron chi connectivity index (χ4n) is 4.85. The van der Waals surface area contributed by atoms with E-state index in [-0.39, 0.29) is 46.1 Å². The normalized spacial score (nSPS) is 26.7. The second kappa shape index (κ2) is 11.5. The number of ether oxygens (including phenoxy) is 4. The van der Waals surface area contributed by atoms with Crippen LogP contribution in [0.4, 0.5) is 0 Å². The van der Waals surface area contributed by atoms with Crippen LogP contribution >= 0.6 is 0 Å². The van der Waals surface area contributed by atoms with E-state index in [0.717, 1.165) is 18.2 Å². The van der Waals surface area contributed by atoms with E-state index in [9.17, 15) is 55.9 Å². The third kappa shape index (κ3) is 5.71. The van der Waals surface area contributed by atoms with Gasteiger partial charge in [0, 0.05) is 29.7 Å². The molecule has 0 aliphatic carbocycles. The Morgan fingerprint density at radius 2 is 1.53 bits per heavy atom. The molecule has 5 rings (SSSR count). The number of benzene rings is 3. The molecule has 3 aromatic carbocycles. The highest BCUT2D eigenvalue weighted by Crippen LogP contribution is 2.45. The van der Waals surface area contributed by atoms with Crippen LogP contribution in [0.1, 0.15) is 27.6 Å². The van der Waals surface area contributed by atoms with Crippen LogP contribution in [-0.2, 0) is 15.9 Å². The summed E-state index contributed by atoms with van der Waals surface area (Å²) in [5.74, 6) is -4.84. The lowest BCUT2D eigenvalue weighted by atomic mass is 9.93. The summed E-state index contributed by atoms with van der Waals surface area (Å²) in [4.78, 5) is 13.0. The van der Waals surface area contributed by atoms with Gasteiger partial charge in [0.15, 0.2) is 34.9 Å². The summed E-state index contributed by atoms with van der Waals surface area (Å²) >= 11 is 0. The lowest BCUT2D eigenvalue weighted by Crippen LogP contribution is -2.60. The first kappa shape index (κ1) is 29.8. The van der Waals surface area contributed by atoms with Crippen LogP contribution in [0.2, 0.25) is 0 Å². The Balaban J connectivity index is 1.48. The zero-order chi connectivity index (χ0) is 31.2. The summed E-state index contributed by atoms with van der Waals surface area (Å²) in [6.07, 6.45) is -10.6. The highest BCUT2D eigenvalue weighted by Gasteiger charge is 2.45. The molecule has 7 atom stereocenters. The van der Waals surface area contributed by atoms with Gasteiger partial charge in [-0.1, -0.05) is 6.07 Å². The van der Waals surface area contributed by atoms with Crippen LogP contribution in [0.25, 0.3) is 0 Å². The molecule has 0 bridgehead atoms. The number of aromatic hydroxyl groups is 6. The molecular weight excluding hydrogens is 576 g/mol. The third-order valence-corrected chi connectivity index (χ3v) is 7.13. The Morgan fingerprint density at radius 1 is 0.837 bits per heavy atom. The molecule has 0 unspecified atom stereocenters. The number of carbonyl (C=O) groups is 1. The molecule has 43 heavy (non-hydrogen) atoms. The van der Waals surface area contributed by atoms with E-state index >= 15 is 0 Å². The summed E-state index contributed by atoms with van der Waals surface area (Å²) in [6.45, 7) is -0.713. The van der Waals surface area contributed by atoms with Crippen molar-refractivity contribution < 1.29 is 74.8 Å². The maximum Gasteiger partial charge on any atom is 0.338 e. The fourth-order valence-corrected chi connectivity index (χ4v) is 4.85. The van der Waals surface area contributed by atoms with Gasteiger partial charge in [-0.3, -0.25) is 0 Å². The molecule has 0 saturated carbocycles. The van der Waals surface area contributed by atoms with E-state index in [1.807, 2.05) is 0 Å². The fraction of sp³-hybridized carbons (Fsp3) is 0.321. The summed E-state index contributed by atoms with van der Waals surface area (Å²) in [5, 5.41) is 100. The van der Waals surface area contributed by atoms with E-state index in [2.05, 4.69) is 0 Å².